The molecule has 0 atom stereocenters. The van der Waals surface area contributed by atoms with E-state index in [1.54, 1.807) is 6.07 Å². The number of halogens is 2. The summed E-state index contributed by atoms with van der Waals surface area (Å²) < 4.78 is 33.0. The molecule has 1 aromatic rings. The van der Waals surface area contributed by atoms with Crippen molar-refractivity contribution in [3.63, 3.8) is 0 Å². The number of hydrogen-bond donors (Lipinski definition) is 0. The second-order valence-corrected chi connectivity index (χ2v) is 8.67. The average molecular weight is 379 g/mol. The van der Waals surface area contributed by atoms with E-state index in [4.69, 9.17) is 4.74 Å². The molecule has 0 bridgehead atoms. The van der Waals surface area contributed by atoms with Crippen LogP contribution in [0.15, 0.2) is 18.2 Å². The van der Waals surface area contributed by atoms with Crippen molar-refractivity contribution in [3.05, 3.63) is 29.3 Å². The van der Waals surface area contributed by atoms with Crippen LogP contribution in [-0.2, 0) is 0 Å². The van der Waals surface area contributed by atoms with Gasteiger partial charge in [-0.2, -0.15) is 0 Å². The maximum absolute atomic E-state index is 13.8. The highest BCUT2D eigenvalue weighted by Crippen LogP contribution is 2.47. The van der Waals surface area contributed by atoms with Crippen LogP contribution >= 0.6 is 0 Å². The standard InChI is InChI=1S/C24H36F2O/c1-3-6-17-9-11-18(12-10-17)19-13-15-20(16-14-19)21-7-5-8-22(27-4-2)23(21)24(25)26/h5,7-8,17-20,24H,3-4,6,9-16H2,1-2H3. The third-order valence-electron chi connectivity index (χ3n) is 7.08. The molecule has 2 saturated carbocycles. The van der Waals surface area contributed by atoms with Gasteiger partial charge >= 0.3 is 0 Å². The lowest BCUT2D eigenvalue weighted by atomic mass is 9.67. The topological polar surface area (TPSA) is 9.23 Å². The van der Waals surface area contributed by atoms with Crippen LogP contribution in [0.3, 0.4) is 0 Å². The summed E-state index contributed by atoms with van der Waals surface area (Å²) in [6.45, 7) is 4.57. The molecule has 0 amide bonds. The molecule has 1 nitrogen and oxygen atoms in total. The van der Waals surface area contributed by atoms with Crippen LogP contribution in [0.2, 0.25) is 0 Å². The summed E-state index contributed by atoms with van der Waals surface area (Å²) in [5.74, 6) is 3.29. The van der Waals surface area contributed by atoms with Crippen LogP contribution in [0.25, 0.3) is 0 Å². The summed E-state index contributed by atoms with van der Waals surface area (Å²) in [6, 6.07) is 5.48. The van der Waals surface area contributed by atoms with Gasteiger partial charge in [-0.15, -0.1) is 0 Å². The number of benzene rings is 1. The molecular formula is C24H36F2O. The first-order valence-corrected chi connectivity index (χ1v) is 11.2. The second kappa shape index (κ2) is 9.89. The van der Waals surface area contributed by atoms with Crippen molar-refractivity contribution in [2.45, 2.75) is 90.4 Å². The number of hydrogen-bond acceptors (Lipinski definition) is 1. The average Bonchev–Trinajstić information content (AvgIpc) is 2.69. The summed E-state index contributed by atoms with van der Waals surface area (Å²) in [5, 5.41) is 0. The predicted octanol–water partition coefficient (Wildman–Crippen LogP) is 7.90. The third-order valence-corrected chi connectivity index (χ3v) is 7.08. The van der Waals surface area contributed by atoms with Gasteiger partial charge in [-0.25, -0.2) is 8.78 Å². The van der Waals surface area contributed by atoms with Gasteiger partial charge in [0.05, 0.1) is 12.2 Å². The van der Waals surface area contributed by atoms with Crippen molar-refractivity contribution >= 4 is 0 Å². The van der Waals surface area contributed by atoms with Gasteiger partial charge in [-0.05, 0) is 80.8 Å². The Morgan fingerprint density at radius 1 is 0.926 bits per heavy atom. The minimum atomic E-state index is -2.46. The third kappa shape index (κ3) is 5.03. The fraction of sp³-hybridized carbons (Fsp3) is 0.750. The largest absolute Gasteiger partial charge is 0.493 e. The Kier molecular flexibility index (Phi) is 7.55. The van der Waals surface area contributed by atoms with Crippen molar-refractivity contribution in [3.8, 4) is 5.75 Å². The van der Waals surface area contributed by atoms with E-state index in [-0.39, 0.29) is 11.5 Å². The summed E-state index contributed by atoms with van der Waals surface area (Å²) >= 11 is 0. The molecule has 2 aliphatic carbocycles. The SMILES string of the molecule is CCCC1CCC(C2CCC(c3cccc(OCC)c3C(F)F)CC2)CC1. The van der Waals surface area contributed by atoms with Crippen LogP contribution in [0.5, 0.6) is 5.75 Å². The van der Waals surface area contributed by atoms with Crippen LogP contribution in [-0.4, -0.2) is 6.61 Å². The van der Waals surface area contributed by atoms with Gasteiger partial charge in [-0.3, -0.25) is 0 Å². The van der Waals surface area contributed by atoms with E-state index in [1.807, 2.05) is 19.1 Å². The zero-order valence-corrected chi connectivity index (χ0v) is 17.1. The predicted molar refractivity (Wildman–Crippen MR) is 108 cm³/mol. The molecule has 3 rings (SSSR count). The lowest BCUT2D eigenvalue weighted by molar-refractivity contribution is 0.139. The number of rotatable bonds is 7. The Labute approximate surface area is 163 Å². The normalized spacial score (nSPS) is 29.1. The molecule has 0 saturated heterocycles. The fourth-order valence-corrected chi connectivity index (χ4v) is 5.69. The van der Waals surface area contributed by atoms with Gasteiger partial charge in [0.15, 0.2) is 0 Å². The maximum atomic E-state index is 13.8. The van der Waals surface area contributed by atoms with Gasteiger partial charge in [0.1, 0.15) is 5.75 Å². The highest BCUT2D eigenvalue weighted by molar-refractivity contribution is 5.43. The zero-order valence-electron chi connectivity index (χ0n) is 17.1. The van der Waals surface area contributed by atoms with Crippen LogP contribution in [0.1, 0.15) is 102 Å². The quantitative estimate of drug-likeness (QED) is 0.468. The zero-order chi connectivity index (χ0) is 19.2. The molecule has 0 spiro atoms. The molecule has 0 aromatic heterocycles. The minimum absolute atomic E-state index is 0.142. The highest BCUT2D eigenvalue weighted by atomic mass is 19.3. The second-order valence-electron chi connectivity index (χ2n) is 8.67. The molecule has 1 aromatic carbocycles. The van der Waals surface area contributed by atoms with E-state index in [9.17, 15) is 8.78 Å². The molecule has 2 fully saturated rings. The van der Waals surface area contributed by atoms with E-state index < -0.39 is 6.43 Å². The lowest BCUT2D eigenvalue weighted by Gasteiger charge is -2.38. The van der Waals surface area contributed by atoms with Gasteiger partial charge in [-0.1, -0.05) is 44.7 Å². The first-order valence-electron chi connectivity index (χ1n) is 11.2. The first kappa shape index (κ1) is 20.6. The number of ether oxygens (including phenoxy) is 1. The Hall–Kier alpha value is -1.12. The summed E-state index contributed by atoms with van der Waals surface area (Å²) in [5.41, 5.74) is 0.976. The van der Waals surface area contributed by atoms with Crippen molar-refractivity contribution in [1.29, 1.82) is 0 Å². The molecule has 0 N–H and O–H groups in total. The van der Waals surface area contributed by atoms with E-state index in [2.05, 4.69) is 6.92 Å². The minimum Gasteiger partial charge on any atom is -0.493 e. The molecule has 27 heavy (non-hydrogen) atoms. The number of alkyl halides is 2. The monoisotopic (exact) mass is 378 g/mol. The van der Waals surface area contributed by atoms with Crippen molar-refractivity contribution in [2.75, 3.05) is 6.61 Å². The van der Waals surface area contributed by atoms with Crippen molar-refractivity contribution < 1.29 is 13.5 Å². The van der Waals surface area contributed by atoms with Crippen LogP contribution in [0, 0.1) is 17.8 Å². The van der Waals surface area contributed by atoms with E-state index in [0.717, 1.165) is 36.2 Å². The Morgan fingerprint density at radius 2 is 1.56 bits per heavy atom. The Balaban J connectivity index is 1.60. The fourth-order valence-electron chi connectivity index (χ4n) is 5.69. The summed E-state index contributed by atoms with van der Waals surface area (Å²) in [6.07, 6.45) is 10.3. The molecule has 3 heteroatoms. The van der Waals surface area contributed by atoms with Gasteiger partial charge < -0.3 is 4.74 Å². The van der Waals surface area contributed by atoms with Crippen LogP contribution < -0.4 is 4.74 Å². The Bertz CT molecular complexity index is 570. The van der Waals surface area contributed by atoms with E-state index in [0.29, 0.717) is 12.4 Å². The molecule has 2 aliphatic rings. The molecule has 152 valence electrons. The summed E-state index contributed by atoms with van der Waals surface area (Å²) in [4.78, 5) is 0. The van der Waals surface area contributed by atoms with Crippen molar-refractivity contribution in [1.82, 2.24) is 0 Å². The van der Waals surface area contributed by atoms with Gasteiger partial charge in [0.2, 0.25) is 0 Å². The van der Waals surface area contributed by atoms with E-state index in [1.165, 1.54) is 51.4 Å². The smallest absolute Gasteiger partial charge is 0.267 e. The maximum Gasteiger partial charge on any atom is 0.267 e. The van der Waals surface area contributed by atoms with Gasteiger partial charge in [0.25, 0.3) is 6.43 Å². The van der Waals surface area contributed by atoms with E-state index >= 15 is 0 Å². The van der Waals surface area contributed by atoms with Crippen molar-refractivity contribution in [2.24, 2.45) is 17.8 Å². The first-order chi connectivity index (χ1) is 13.1. The lowest BCUT2D eigenvalue weighted by Crippen LogP contribution is -2.25. The molecule has 0 heterocycles. The molecule has 0 radical (unpaired) electrons. The van der Waals surface area contributed by atoms with Crippen LogP contribution in [0.4, 0.5) is 8.78 Å². The molecule has 0 aliphatic heterocycles. The van der Waals surface area contributed by atoms with Gasteiger partial charge in [0, 0.05) is 0 Å². The molecule has 0 unspecified atom stereocenters. The highest BCUT2D eigenvalue weighted by Gasteiger charge is 2.33. The molecular weight excluding hydrogens is 342 g/mol. The summed E-state index contributed by atoms with van der Waals surface area (Å²) in [7, 11) is 0. The Morgan fingerprint density at radius 3 is 2.11 bits per heavy atom.